The average Bonchev–Trinajstić information content (AvgIpc) is 3.14. The standard InChI is InChI=1S/C24H21N5O3/c1-3-20(30)28-18-6-4-5-15(12-18)13-21(31)27-17-9-7-16(8-10-17)19-11-14(2)26-24-22(19)23(25)32-29-24/h3-12H,1,13,25H2,2H3,(H,27,31)(H,28,30). The number of benzene rings is 2. The molecule has 4 rings (SSSR count). The molecule has 0 atom stereocenters. The van der Waals surface area contributed by atoms with E-state index in [0.717, 1.165) is 22.4 Å². The van der Waals surface area contributed by atoms with Gasteiger partial charge in [-0.05, 0) is 54.5 Å². The highest BCUT2D eigenvalue weighted by atomic mass is 16.5. The van der Waals surface area contributed by atoms with Gasteiger partial charge in [0.25, 0.3) is 0 Å². The fourth-order valence-electron chi connectivity index (χ4n) is 3.41. The van der Waals surface area contributed by atoms with E-state index in [1.165, 1.54) is 6.08 Å². The summed E-state index contributed by atoms with van der Waals surface area (Å²) in [6.07, 6.45) is 1.36. The highest BCUT2D eigenvalue weighted by molar-refractivity contribution is 6.00. The molecule has 8 heteroatoms. The second-order valence-corrected chi connectivity index (χ2v) is 7.25. The molecule has 2 heterocycles. The third-order valence-electron chi connectivity index (χ3n) is 4.83. The van der Waals surface area contributed by atoms with Gasteiger partial charge in [0, 0.05) is 22.6 Å². The minimum Gasteiger partial charge on any atom is -0.367 e. The number of amides is 2. The van der Waals surface area contributed by atoms with Gasteiger partial charge in [0.05, 0.1) is 11.8 Å². The first-order chi connectivity index (χ1) is 15.4. The summed E-state index contributed by atoms with van der Waals surface area (Å²) in [4.78, 5) is 28.3. The first kappa shape index (κ1) is 20.8. The molecule has 2 aromatic heterocycles. The third-order valence-corrected chi connectivity index (χ3v) is 4.83. The van der Waals surface area contributed by atoms with Crippen molar-refractivity contribution in [2.75, 3.05) is 16.4 Å². The Labute approximate surface area is 184 Å². The number of anilines is 3. The molecule has 0 fully saturated rings. The van der Waals surface area contributed by atoms with Crippen LogP contribution < -0.4 is 16.4 Å². The number of pyridine rings is 1. The van der Waals surface area contributed by atoms with Crippen LogP contribution in [0.4, 0.5) is 17.3 Å². The summed E-state index contributed by atoms with van der Waals surface area (Å²) in [6.45, 7) is 5.30. The second-order valence-electron chi connectivity index (χ2n) is 7.25. The molecule has 0 radical (unpaired) electrons. The van der Waals surface area contributed by atoms with Crippen LogP contribution in [0.15, 0.2) is 71.8 Å². The quantitative estimate of drug-likeness (QED) is 0.398. The van der Waals surface area contributed by atoms with Gasteiger partial charge >= 0.3 is 0 Å². The van der Waals surface area contributed by atoms with Crippen molar-refractivity contribution in [3.8, 4) is 11.1 Å². The van der Waals surface area contributed by atoms with E-state index < -0.39 is 0 Å². The molecule has 160 valence electrons. The normalized spacial score (nSPS) is 10.7. The van der Waals surface area contributed by atoms with Gasteiger partial charge in [0.2, 0.25) is 23.3 Å². The lowest BCUT2D eigenvalue weighted by Gasteiger charge is -2.09. The summed E-state index contributed by atoms with van der Waals surface area (Å²) in [6, 6.07) is 16.5. The van der Waals surface area contributed by atoms with Crippen LogP contribution >= 0.6 is 0 Å². The Morgan fingerprint density at radius 1 is 1.09 bits per heavy atom. The first-order valence-corrected chi connectivity index (χ1v) is 9.88. The van der Waals surface area contributed by atoms with Gasteiger partial charge in [-0.1, -0.05) is 36.0 Å². The zero-order valence-corrected chi connectivity index (χ0v) is 17.4. The number of aryl methyl sites for hydroxylation is 1. The molecule has 0 bridgehead atoms. The molecular weight excluding hydrogens is 406 g/mol. The highest BCUT2D eigenvalue weighted by Crippen LogP contribution is 2.32. The average molecular weight is 427 g/mol. The molecule has 0 saturated heterocycles. The van der Waals surface area contributed by atoms with Crippen molar-refractivity contribution in [2.45, 2.75) is 13.3 Å². The van der Waals surface area contributed by atoms with Crippen LogP contribution in [0.2, 0.25) is 0 Å². The SMILES string of the molecule is C=CC(=O)Nc1cccc(CC(=O)Nc2ccc(-c3cc(C)nc4noc(N)c34)cc2)c1. The van der Waals surface area contributed by atoms with Crippen LogP contribution in [0.5, 0.6) is 0 Å². The smallest absolute Gasteiger partial charge is 0.247 e. The predicted molar refractivity (Wildman–Crippen MR) is 124 cm³/mol. The van der Waals surface area contributed by atoms with Gasteiger partial charge in [-0.25, -0.2) is 4.98 Å². The van der Waals surface area contributed by atoms with Gasteiger partial charge in [0.15, 0.2) is 0 Å². The Morgan fingerprint density at radius 3 is 2.62 bits per heavy atom. The number of nitrogens with one attached hydrogen (secondary N) is 2. The molecule has 0 spiro atoms. The lowest BCUT2D eigenvalue weighted by molar-refractivity contribution is -0.115. The maximum Gasteiger partial charge on any atom is 0.247 e. The minimum absolute atomic E-state index is 0.168. The van der Waals surface area contributed by atoms with Crippen LogP contribution in [-0.2, 0) is 16.0 Å². The minimum atomic E-state index is -0.304. The number of carbonyl (C=O) groups excluding carboxylic acids is 2. The Morgan fingerprint density at radius 2 is 1.88 bits per heavy atom. The van der Waals surface area contributed by atoms with E-state index in [4.69, 9.17) is 10.3 Å². The summed E-state index contributed by atoms with van der Waals surface area (Å²) in [5.41, 5.74) is 11.0. The topological polar surface area (TPSA) is 123 Å². The van der Waals surface area contributed by atoms with Gasteiger partial charge in [-0.15, -0.1) is 0 Å². The van der Waals surface area contributed by atoms with Crippen LogP contribution in [-0.4, -0.2) is 22.0 Å². The molecule has 8 nitrogen and oxygen atoms in total. The Balaban J connectivity index is 1.47. The number of hydrogen-bond acceptors (Lipinski definition) is 6. The van der Waals surface area contributed by atoms with Gasteiger partial charge in [0.1, 0.15) is 0 Å². The molecule has 2 aromatic carbocycles. The number of nitrogens with zero attached hydrogens (tertiary/aromatic N) is 2. The Bertz CT molecular complexity index is 1330. The lowest BCUT2D eigenvalue weighted by Crippen LogP contribution is -2.14. The summed E-state index contributed by atoms with van der Waals surface area (Å²) >= 11 is 0. The summed E-state index contributed by atoms with van der Waals surface area (Å²) in [5.74, 6) is -0.261. The largest absolute Gasteiger partial charge is 0.367 e. The van der Waals surface area contributed by atoms with Crippen molar-refractivity contribution in [2.24, 2.45) is 0 Å². The van der Waals surface area contributed by atoms with Gasteiger partial charge in [-0.3, -0.25) is 9.59 Å². The molecular formula is C24H21N5O3. The van der Waals surface area contributed by atoms with Crippen molar-refractivity contribution in [3.63, 3.8) is 0 Å². The van der Waals surface area contributed by atoms with Crippen molar-refractivity contribution in [3.05, 3.63) is 78.5 Å². The maximum absolute atomic E-state index is 12.5. The van der Waals surface area contributed by atoms with E-state index in [0.29, 0.717) is 22.4 Å². The van der Waals surface area contributed by atoms with Gasteiger partial charge < -0.3 is 20.9 Å². The number of carbonyl (C=O) groups is 2. The highest BCUT2D eigenvalue weighted by Gasteiger charge is 2.14. The van der Waals surface area contributed by atoms with Crippen molar-refractivity contribution in [1.82, 2.24) is 10.1 Å². The number of fused-ring (bicyclic) bond motifs is 1. The van der Waals surface area contributed by atoms with Gasteiger partial charge in [-0.2, -0.15) is 0 Å². The Kier molecular flexibility index (Phi) is 5.67. The molecule has 0 aliphatic rings. The monoisotopic (exact) mass is 427 g/mol. The lowest BCUT2D eigenvalue weighted by atomic mass is 10.0. The van der Waals surface area contributed by atoms with Crippen LogP contribution in [0.1, 0.15) is 11.3 Å². The van der Waals surface area contributed by atoms with Crippen molar-refractivity contribution < 1.29 is 14.1 Å². The molecule has 4 aromatic rings. The summed E-state index contributed by atoms with van der Waals surface area (Å²) in [7, 11) is 0. The fourth-order valence-corrected chi connectivity index (χ4v) is 3.41. The zero-order chi connectivity index (χ0) is 22.7. The van der Waals surface area contributed by atoms with E-state index in [1.54, 1.807) is 18.2 Å². The van der Waals surface area contributed by atoms with E-state index in [9.17, 15) is 9.59 Å². The van der Waals surface area contributed by atoms with Crippen LogP contribution in [0, 0.1) is 6.92 Å². The van der Waals surface area contributed by atoms with Crippen LogP contribution in [0.25, 0.3) is 22.2 Å². The molecule has 0 aliphatic heterocycles. The number of hydrogen-bond donors (Lipinski definition) is 3. The molecule has 0 saturated carbocycles. The second kappa shape index (κ2) is 8.73. The molecule has 4 N–H and O–H groups in total. The first-order valence-electron chi connectivity index (χ1n) is 9.88. The Hall–Kier alpha value is -4.46. The van der Waals surface area contributed by atoms with E-state index in [1.807, 2.05) is 43.3 Å². The van der Waals surface area contributed by atoms with Crippen molar-refractivity contribution in [1.29, 1.82) is 0 Å². The number of aromatic nitrogens is 2. The molecule has 0 aliphatic carbocycles. The molecule has 0 unspecified atom stereocenters. The zero-order valence-electron chi connectivity index (χ0n) is 17.4. The number of nitrogen functional groups attached to an aromatic ring is 1. The van der Waals surface area contributed by atoms with E-state index in [2.05, 4.69) is 27.4 Å². The number of nitrogens with two attached hydrogens (primary N) is 1. The number of rotatable bonds is 6. The predicted octanol–water partition coefficient (Wildman–Crippen LogP) is 4.09. The van der Waals surface area contributed by atoms with Crippen LogP contribution in [0.3, 0.4) is 0 Å². The van der Waals surface area contributed by atoms with E-state index >= 15 is 0 Å². The molecule has 2 amide bonds. The van der Waals surface area contributed by atoms with E-state index in [-0.39, 0.29) is 24.1 Å². The van der Waals surface area contributed by atoms with Crippen molar-refractivity contribution >= 4 is 40.1 Å². The fraction of sp³-hybridized carbons (Fsp3) is 0.0833. The summed E-state index contributed by atoms with van der Waals surface area (Å²) < 4.78 is 5.08. The third kappa shape index (κ3) is 4.49. The maximum atomic E-state index is 12.5. The molecule has 32 heavy (non-hydrogen) atoms. The summed E-state index contributed by atoms with van der Waals surface area (Å²) in [5, 5.41) is 10.1.